The molecule has 1 aliphatic rings. The summed E-state index contributed by atoms with van der Waals surface area (Å²) in [7, 11) is 4.50. The summed E-state index contributed by atoms with van der Waals surface area (Å²) in [5.74, 6) is 1.10. The van der Waals surface area contributed by atoms with E-state index in [4.69, 9.17) is 18.8 Å². The number of likely N-dealkylation sites (N-methyl/N-ethyl adjacent to an activating group) is 1. The van der Waals surface area contributed by atoms with Gasteiger partial charge < -0.3 is 24.1 Å². The van der Waals surface area contributed by atoms with Crippen LogP contribution in [0.2, 0.25) is 0 Å². The van der Waals surface area contributed by atoms with Crippen LogP contribution in [0.15, 0.2) is 17.6 Å². The lowest BCUT2D eigenvalue weighted by molar-refractivity contribution is 0.00578. The molecule has 0 amide bonds. The minimum absolute atomic E-state index is 0.431. The highest BCUT2D eigenvalue weighted by atomic mass is 16.7. The molecule has 0 atom stereocenters. The third-order valence-electron chi connectivity index (χ3n) is 4.97. The van der Waals surface area contributed by atoms with E-state index in [1.807, 2.05) is 40.8 Å². The number of ether oxygens (including phenoxy) is 2. The highest BCUT2D eigenvalue weighted by Gasteiger charge is 2.52. The number of nitrogens with one attached hydrogen (secondary N) is 1. The van der Waals surface area contributed by atoms with Crippen LogP contribution in [-0.2, 0) is 9.31 Å². The Morgan fingerprint density at radius 2 is 1.62 bits per heavy atom. The Morgan fingerprint density at radius 3 is 2.00 bits per heavy atom. The Balaban J connectivity index is 2.51. The predicted octanol–water partition coefficient (Wildman–Crippen LogP) is 2.75. The zero-order valence-corrected chi connectivity index (χ0v) is 16.6. The van der Waals surface area contributed by atoms with Gasteiger partial charge in [-0.25, -0.2) is 0 Å². The van der Waals surface area contributed by atoms with Crippen LogP contribution in [0, 0.1) is 0 Å². The van der Waals surface area contributed by atoms with Gasteiger partial charge in [0, 0.05) is 12.1 Å². The van der Waals surface area contributed by atoms with Crippen molar-refractivity contribution in [2.45, 2.75) is 38.9 Å². The molecule has 1 N–H and O–H groups in total. The molecule has 0 saturated carbocycles. The second kappa shape index (κ2) is 7.82. The molecule has 2 rings (SSSR count). The smallest absolute Gasteiger partial charge is 0.491 e. The SMILES string of the molecule is CNCC(=Cc1c(OC)cc(C=O)cc1OC)B1OC(C)(C)C(C)(C)O1. The number of hydrogen-bond donors (Lipinski definition) is 1. The molecule has 0 aromatic heterocycles. The second-order valence-corrected chi connectivity index (χ2v) is 7.29. The Kier molecular flexibility index (Phi) is 6.16. The molecule has 7 heteroatoms. The molecule has 0 unspecified atom stereocenters. The lowest BCUT2D eigenvalue weighted by atomic mass is 9.76. The fourth-order valence-corrected chi connectivity index (χ4v) is 2.76. The van der Waals surface area contributed by atoms with Gasteiger partial charge >= 0.3 is 7.12 Å². The first-order chi connectivity index (χ1) is 12.2. The zero-order valence-electron chi connectivity index (χ0n) is 16.6. The van der Waals surface area contributed by atoms with E-state index < -0.39 is 18.3 Å². The predicted molar refractivity (Wildman–Crippen MR) is 103 cm³/mol. The van der Waals surface area contributed by atoms with Gasteiger partial charge in [0.25, 0.3) is 0 Å². The first kappa shape index (κ1) is 20.5. The Labute approximate surface area is 156 Å². The molecule has 1 aromatic carbocycles. The lowest BCUT2D eigenvalue weighted by Crippen LogP contribution is -2.41. The van der Waals surface area contributed by atoms with Crippen LogP contribution in [0.25, 0.3) is 6.08 Å². The van der Waals surface area contributed by atoms with Crippen molar-refractivity contribution in [2.24, 2.45) is 0 Å². The second-order valence-electron chi connectivity index (χ2n) is 7.29. The van der Waals surface area contributed by atoms with Gasteiger partial charge in [-0.1, -0.05) is 6.08 Å². The van der Waals surface area contributed by atoms with Crippen molar-refractivity contribution in [3.05, 3.63) is 28.7 Å². The minimum Gasteiger partial charge on any atom is -0.496 e. The van der Waals surface area contributed by atoms with Crippen molar-refractivity contribution in [1.29, 1.82) is 0 Å². The average molecular weight is 361 g/mol. The number of carbonyl (C=O) groups excluding carboxylic acids is 1. The molecule has 142 valence electrons. The molecule has 0 spiro atoms. The van der Waals surface area contributed by atoms with E-state index in [1.165, 1.54) is 0 Å². The van der Waals surface area contributed by atoms with Gasteiger partial charge in [-0.15, -0.1) is 0 Å². The molecule has 1 fully saturated rings. The van der Waals surface area contributed by atoms with Crippen LogP contribution in [0.3, 0.4) is 0 Å². The summed E-state index contributed by atoms with van der Waals surface area (Å²) in [6.07, 6.45) is 2.70. The number of rotatable bonds is 7. The van der Waals surface area contributed by atoms with E-state index in [0.717, 1.165) is 17.3 Å². The van der Waals surface area contributed by atoms with Gasteiger partial charge in [0.05, 0.1) is 31.0 Å². The summed E-state index contributed by atoms with van der Waals surface area (Å²) >= 11 is 0. The normalized spacial score (nSPS) is 18.7. The molecule has 1 heterocycles. The summed E-state index contributed by atoms with van der Waals surface area (Å²) < 4.78 is 23.3. The summed E-state index contributed by atoms with van der Waals surface area (Å²) in [6, 6.07) is 3.37. The molecule has 0 bridgehead atoms. The quantitative estimate of drug-likeness (QED) is 0.595. The molecule has 26 heavy (non-hydrogen) atoms. The maximum Gasteiger partial charge on any atom is 0.491 e. The standard InChI is InChI=1S/C19H28BNO5/c1-18(2)19(3,4)26-20(25-18)14(11-21-5)10-15-16(23-6)8-13(12-22)9-17(15)24-7/h8-10,12,21H,11H2,1-7H3. The Bertz CT molecular complexity index is 658. The van der Waals surface area contributed by atoms with Crippen LogP contribution >= 0.6 is 0 Å². The van der Waals surface area contributed by atoms with Crippen molar-refractivity contribution < 1.29 is 23.6 Å². The van der Waals surface area contributed by atoms with E-state index in [0.29, 0.717) is 23.6 Å². The molecule has 1 aromatic rings. The number of aldehydes is 1. The number of methoxy groups -OCH3 is 2. The monoisotopic (exact) mass is 361 g/mol. The zero-order chi connectivity index (χ0) is 19.5. The van der Waals surface area contributed by atoms with E-state index in [1.54, 1.807) is 26.4 Å². The maximum atomic E-state index is 11.2. The van der Waals surface area contributed by atoms with Gasteiger partial charge in [-0.2, -0.15) is 0 Å². The molecule has 0 radical (unpaired) electrons. The van der Waals surface area contributed by atoms with Crippen LogP contribution in [-0.4, -0.2) is 52.4 Å². The largest absolute Gasteiger partial charge is 0.496 e. The lowest BCUT2D eigenvalue weighted by Gasteiger charge is -2.32. The maximum absolute atomic E-state index is 11.2. The summed E-state index contributed by atoms with van der Waals surface area (Å²) in [4.78, 5) is 11.2. The molecule has 1 saturated heterocycles. The Hall–Kier alpha value is -1.83. The van der Waals surface area contributed by atoms with Crippen LogP contribution < -0.4 is 14.8 Å². The summed E-state index contributed by atoms with van der Waals surface area (Å²) in [5.41, 5.74) is 1.27. The third-order valence-corrected chi connectivity index (χ3v) is 4.97. The van der Waals surface area contributed by atoms with Gasteiger partial charge in [0.2, 0.25) is 0 Å². The van der Waals surface area contributed by atoms with E-state index in [2.05, 4.69) is 5.32 Å². The molecule has 1 aliphatic heterocycles. The first-order valence-electron chi connectivity index (χ1n) is 8.61. The first-order valence-corrected chi connectivity index (χ1v) is 8.61. The summed E-state index contributed by atoms with van der Waals surface area (Å²) in [6.45, 7) is 8.64. The van der Waals surface area contributed by atoms with Gasteiger partial charge in [0.15, 0.2) is 0 Å². The molecule has 0 aliphatic carbocycles. The summed E-state index contributed by atoms with van der Waals surface area (Å²) in [5, 5.41) is 3.15. The number of carbonyl (C=O) groups is 1. The van der Waals surface area contributed by atoms with Crippen molar-refractivity contribution in [3.8, 4) is 11.5 Å². The van der Waals surface area contributed by atoms with E-state index >= 15 is 0 Å². The molecular weight excluding hydrogens is 333 g/mol. The molecule has 6 nitrogen and oxygen atoms in total. The van der Waals surface area contributed by atoms with Gasteiger partial charge in [0.1, 0.15) is 17.8 Å². The minimum atomic E-state index is -0.493. The van der Waals surface area contributed by atoms with Crippen LogP contribution in [0.1, 0.15) is 43.6 Å². The van der Waals surface area contributed by atoms with Crippen molar-refractivity contribution in [3.63, 3.8) is 0 Å². The number of hydrogen-bond acceptors (Lipinski definition) is 6. The highest BCUT2D eigenvalue weighted by Crippen LogP contribution is 2.40. The fourth-order valence-electron chi connectivity index (χ4n) is 2.76. The van der Waals surface area contributed by atoms with Gasteiger partial charge in [-0.05, 0) is 52.3 Å². The van der Waals surface area contributed by atoms with Crippen molar-refractivity contribution in [1.82, 2.24) is 5.32 Å². The Morgan fingerprint density at radius 1 is 1.12 bits per heavy atom. The van der Waals surface area contributed by atoms with Crippen LogP contribution in [0.4, 0.5) is 0 Å². The van der Waals surface area contributed by atoms with Crippen LogP contribution in [0.5, 0.6) is 11.5 Å². The third kappa shape index (κ3) is 3.95. The van der Waals surface area contributed by atoms with Crippen molar-refractivity contribution >= 4 is 19.5 Å². The fraction of sp³-hybridized carbons (Fsp3) is 0.526. The highest BCUT2D eigenvalue weighted by molar-refractivity contribution is 6.56. The average Bonchev–Trinajstić information content (AvgIpc) is 2.81. The van der Waals surface area contributed by atoms with E-state index in [9.17, 15) is 4.79 Å². The van der Waals surface area contributed by atoms with Gasteiger partial charge in [-0.3, -0.25) is 4.79 Å². The number of benzene rings is 1. The topological polar surface area (TPSA) is 66.0 Å². The van der Waals surface area contributed by atoms with Crippen molar-refractivity contribution in [2.75, 3.05) is 27.8 Å². The molecular formula is C19H28BNO5. The van der Waals surface area contributed by atoms with E-state index in [-0.39, 0.29) is 0 Å².